The topological polar surface area (TPSA) is 51.5 Å². The van der Waals surface area contributed by atoms with E-state index in [0.717, 1.165) is 9.22 Å². The monoisotopic (exact) mass is 444 g/mol. The van der Waals surface area contributed by atoms with Gasteiger partial charge in [0.15, 0.2) is 5.65 Å². The second-order valence-corrected chi connectivity index (χ2v) is 6.32. The highest BCUT2D eigenvalue weighted by atomic mass is 127. The zero-order chi connectivity index (χ0) is 17.1. The molecule has 24 heavy (non-hydrogen) atoms. The molecule has 3 aromatic rings. The van der Waals surface area contributed by atoms with Crippen LogP contribution in [0.1, 0.15) is 18.5 Å². The van der Waals surface area contributed by atoms with Crippen molar-refractivity contribution in [2.75, 3.05) is 18.6 Å². The van der Waals surface area contributed by atoms with Crippen LogP contribution in [0.3, 0.4) is 0 Å². The Bertz CT molecular complexity index is 855. The van der Waals surface area contributed by atoms with Crippen molar-refractivity contribution in [1.29, 1.82) is 0 Å². The zero-order valence-corrected chi connectivity index (χ0v) is 15.0. The summed E-state index contributed by atoms with van der Waals surface area (Å²) in [6.45, 7) is 1.20. The SMILES string of the molecule is C[C@@H](Nc1ccn2ncc(I)c2n1)c1cc(F)ccc1OCCF. The maximum atomic E-state index is 13.6. The van der Waals surface area contributed by atoms with E-state index in [1.807, 2.05) is 6.92 Å². The van der Waals surface area contributed by atoms with Gasteiger partial charge in [-0.2, -0.15) is 5.10 Å². The number of halogens is 3. The van der Waals surface area contributed by atoms with Crippen LogP contribution in [0.5, 0.6) is 5.75 Å². The van der Waals surface area contributed by atoms with Crippen LogP contribution in [0.2, 0.25) is 0 Å². The number of anilines is 1. The van der Waals surface area contributed by atoms with Crippen LogP contribution in [0.4, 0.5) is 14.6 Å². The van der Waals surface area contributed by atoms with E-state index in [1.54, 1.807) is 23.0 Å². The Morgan fingerprint density at radius 2 is 2.21 bits per heavy atom. The predicted molar refractivity (Wildman–Crippen MR) is 95.6 cm³/mol. The molecule has 5 nitrogen and oxygen atoms in total. The van der Waals surface area contributed by atoms with Gasteiger partial charge in [-0.15, -0.1) is 0 Å². The van der Waals surface area contributed by atoms with Gasteiger partial charge < -0.3 is 10.1 Å². The lowest BCUT2D eigenvalue weighted by Gasteiger charge is -2.18. The van der Waals surface area contributed by atoms with Crippen LogP contribution in [-0.2, 0) is 0 Å². The van der Waals surface area contributed by atoms with Crippen molar-refractivity contribution in [3.8, 4) is 5.75 Å². The number of nitrogens with one attached hydrogen (secondary N) is 1. The Balaban J connectivity index is 1.86. The Morgan fingerprint density at radius 1 is 1.38 bits per heavy atom. The van der Waals surface area contributed by atoms with E-state index in [0.29, 0.717) is 17.1 Å². The van der Waals surface area contributed by atoms with Crippen LogP contribution in [0.15, 0.2) is 36.7 Å². The summed E-state index contributed by atoms with van der Waals surface area (Å²) in [6.07, 6.45) is 3.53. The molecule has 0 amide bonds. The van der Waals surface area contributed by atoms with Crippen molar-refractivity contribution in [1.82, 2.24) is 14.6 Å². The molecule has 0 bridgehead atoms. The van der Waals surface area contributed by atoms with Crippen molar-refractivity contribution in [2.24, 2.45) is 0 Å². The summed E-state index contributed by atoms with van der Waals surface area (Å²) in [7, 11) is 0. The van der Waals surface area contributed by atoms with Gasteiger partial charge in [-0.1, -0.05) is 0 Å². The van der Waals surface area contributed by atoms with Gasteiger partial charge in [-0.05, 0) is 53.8 Å². The molecule has 0 radical (unpaired) electrons. The first-order valence-electron chi connectivity index (χ1n) is 7.33. The molecule has 8 heteroatoms. The Labute approximate surface area is 151 Å². The number of rotatable bonds is 6. The minimum Gasteiger partial charge on any atom is -0.490 e. The summed E-state index contributed by atoms with van der Waals surface area (Å²) in [6, 6.07) is 5.70. The van der Waals surface area contributed by atoms with E-state index in [9.17, 15) is 8.78 Å². The predicted octanol–water partition coefficient (Wildman–Crippen LogP) is 3.99. The van der Waals surface area contributed by atoms with Gasteiger partial charge in [0, 0.05) is 11.8 Å². The van der Waals surface area contributed by atoms with E-state index in [2.05, 4.69) is 38.0 Å². The van der Waals surface area contributed by atoms with Gasteiger partial charge in [-0.3, -0.25) is 0 Å². The molecule has 2 heterocycles. The lowest BCUT2D eigenvalue weighted by atomic mass is 10.1. The van der Waals surface area contributed by atoms with Gasteiger partial charge in [0.1, 0.15) is 30.7 Å². The summed E-state index contributed by atoms with van der Waals surface area (Å²) in [5, 5.41) is 7.39. The standard InChI is InChI=1S/C16H15F2IN4O/c1-10(12-8-11(18)2-3-14(12)24-7-5-17)21-15-4-6-23-16(22-15)13(19)9-20-23/h2-4,6,8-10H,5,7H2,1H3,(H,21,22)/t10-/m1/s1. The van der Waals surface area contributed by atoms with Crippen molar-refractivity contribution in [2.45, 2.75) is 13.0 Å². The minimum atomic E-state index is -0.601. The van der Waals surface area contributed by atoms with Gasteiger partial charge in [0.05, 0.1) is 15.8 Å². The van der Waals surface area contributed by atoms with Gasteiger partial charge in [0.25, 0.3) is 0 Å². The second kappa shape index (κ2) is 7.29. The Kier molecular flexibility index (Phi) is 5.12. The highest BCUT2D eigenvalue weighted by molar-refractivity contribution is 14.1. The molecule has 0 unspecified atom stereocenters. The van der Waals surface area contributed by atoms with E-state index in [4.69, 9.17) is 4.74 Å². The molecule has 0 aliphatic rings. The molecule has 126 valence electrons. The molecule has 2 aromatic heterocycles. The molecule has 0 fully saturated rings. The van der Waals surface area contributed by atoms with Crippen molar-refractivity contribution < 1.29 is 13.5 Å². The van der Waals surface area contributed by atoms with Gasteiger partial charge in [-0.25, -0.2) is 18.3 Å². The molecule has 1 N–H and O–H groups in total. The quantitative estimate of drug-likeness (QED) is 0.585. The highest BCUT2D eigenvalue weighted by Gasteiger charge is 2.14. The van der Waals surface area contributed by atoms with E-state index < -0.39 is 6.67 Å². The first kappa shape index (κ1) is 16.9. The number of hydrogen-bond acceptors (Lipinski definition) is 4. The summed E-state index contributed by atoms with van der Waals surface area (Å²) in [5.74, 6) is 0.711. The molecular formula is C16H15F2IN4O. The lowest BCUT2D eigenvalue weighted by Crippen LogP contribution is -2.11. The Hall–Kier alpha value is -1.97. The van der Waals surface area contributed by atoms with Crippen LogP contribution in [0, 0.1) is 9.39 Å². The average molecular weight is 444 g/mol. The maximum Gasteiger partial charge on any atom is 0.170 e. The van der Waals surface area contributed by atoms with Crippen molar-refractivity contribution >= 4 is 34.1 Å². The van der Waals surface area contributed by atoms with Crippen LogP contribution in [-0.4, -0.2) is 27.9 Å². The highest BCUT2D eigenvalue weighted by Crippen LogP contribution is 2.28. The zero-order valence-electron chi connectivity index (χ0n) is 12.8. The maximum absolute atomic E-state index is 13.6. The first-order valence-corrected chi connectivity index (χ1v) is 8.41. The molecule has 3 rings (SSSR count). The third kappa shape index (κ3) is 3.58. The van der Waals surface area contributed by atoms with Crippen LogP contribution < -0.4 is 10.1 Å². The number of ether oxygens (including phenoxy) is 1. The fourth-order valence-corrected chi connectivity index (χ4v) is 2.85. The number of hydrogen-bond donors (Lipinski definition) is 1. The number of alkyl halides is 1. The average Bonchev–Trinajstić information content (AvgIpc) is 2.94. The number of fused-ring (bicyclic) bond motifs is 1. The normalized spacial score (nSPS) is 12.3. The summed E-state index contributed by atoms with van der Waals surface area (Å²) < 4.78 is 33.9. The van der Waals surface area contributed by atoms with Crippen molar-refractivity contribution in [3.05, 3.63) is 51.6 Å². The molecule has 0 saturated carbocycles. The summed E-state index contributed by atoms with van der Waals surface area (Å²) >= 11 is 2.16. The molecular weight excluding hydrogens is 429 g/mol. The van der Waals surface area contributed by atoms with Gasteiger partial charge >= 0.3 is 0 Å². The van der Waals surface area contributed by atoms with Crippen molar-refractivity contribution in [3.63, 3.8) is 0 Å². The van der Waals surface area contributed by atoms with Gasteiger partial charge in [0.2, 0.25) is 0 Å². The van der Waals surface area contributed by atoms with E-state index >= 15 is 0 Å². The molecule has 1 aromatic carbocycles. The molecule has 1 atom stereocenters. The lowest BCUT2D eigenvalue weighted by molar-refractivity contribution is 0.270. The Morgan fingerprint density at radius 3 is 3.00 bits per heavy atom. The fraction of sp³-hybridized carbons (Fsp3) is 0.250. The summed E-state index contributed by atoms with van der Waals surface area (Å²) in [4.78, 5) is 4.50. The number of aromatic nitrogens is 3. The number of nitrogens with zero attached hydrogens (tertiary/aromatic N) is 3. The summed E-state index contributed by atoms with van der Waals surface area (Å²) in [5.41, 5.74) is 1.34. The number of benzene rings is 1. The minimum absolute atomic E-state index is 0.0659. The molecule has 0 aliphatic carbocycles. The third-order valence-corrected chi connectivity index (χ3v) is 4.22. The fourth-order valence-electron chi connectivity index (χ4n) is 2.36. The molecule has 0 spiro atoms. The largest absolute Gasteiger partial charge is 0.490 e. The van der Waals surface area contributed by atoms with Crippen LogP contribution >= 0.6 is 22.6 Å². The second-order valence-electron chi connectivity index (χ2n) is 5.16. The van der Waals surface area contributed by atoms with Crippen LogP contribution in [0.25, 0.3) is 5.65 Å². The third-order valence-electron chi connectivity index (χ3n) is 3.46. The van der Waals surface area contributed by atoms with E-state index in [1.165, 1.54) is 18.2 Å². The first-order chi connectivity index (χ1) is 11.6. The molecule has 0 aliphatic heterocycles. The molecule has 0 saturated heterocycles. The van der Waals surface area contributed by atoms with E-state index in [-0.39, 0.29) is 18.5 Å². The smallest absolute Gasteiger partial charge is 0.170 e.